The Morgan fingerprint density at radius 1 is 0.939 bits per heavy atom. The number of thioether (sulfide) groups is 1. The summed E-state index contributed by atoms with van der Waals surface area (Å²) in [7, 11) is 0. The van der Waals surface area contributed by atoms with Gasteiger partial charge in [0.05, 0.1) is 10.4 Å². The van der Waals surface area contributed by atoms with Gasteiger partial charge in [0, 0.05) is 17.5 Å². The quantitative estimate of drug-likeness (QED) is 0.151. The summed E-state index contributed by atoms with van der Waals surface area (Å²) in [4.78, 5) is 60.9. The molecule has 3 amide bonds. The number of β-lactam (4-membered cyclic amide) rings is 1. The maximum absolute atomic E-state index is 14.2. The molecule has 252 valence electrons. The van der Waals surface area contributed by atoms with E-state index in [0.29, 0.717) is 16.9 Å². The first kappa shape index (κ1) is 33.7. The second-order valence-corrected chi connectivity index (χ2v) is 14.4. The monoisotopic (exact) mass is 698 g/mol. The summed E-state index contributed by atoms with van der Waals surface area (Å²) in [5.41, 5.74) is 3.44. The largest absolute Gasteiger partial charge is 0.508 e. The molecule has 2 aliphatic heterocycles. The van der Waals surface area contributed by atoms with Crippen LogP contribution in [-0.2, 0) is 23.9 Å². The lowest BCUT2D eigenvalue weighted by atomic mass is 9.99. The minimum absolute atomic E-state index is 0.0201. The number of rotatable bonds is 9. The third-order valence-electron chi connectivity index (χ3n) is 7.77. The van der Waals surface area contributed by atoms with Gasteiger partial charge in [-0.25, -0.2) is 9.59 Å². The van der Waals surface area contributed by atoms with E-state index in [1.54, 1.807) is 32.5 Å². The molecule has 6 rings (SSSR count). The van der Waals surface area contributed by atoms with Gasteiger partial charge in [-0.15, -0.1) is 23.1 Å². The molecule has 4 aromatic rings. The van der Waals surface area contributed by atoms with Crippen LogP contribution in [0.25, 0.3) is 5.57 Å². The molecule has 1 fully saturated rings. The Morgan fingerprint density at radius 3 is 2.14 bits per heavy atom. The molecule has 1 saturated heterocycles. The van der Waals surface area contributed by atoms with Crippen LogP contribution in [0, 0.1) is 0 Å². The van der Waals surface area contributed by atoms with Crippen molar-refractivity contribution in [3.63, 3.8) is 0 Å². The van der Waals surface area contributed by atoms with Crippen LogP contribution in [0.1, 0.15) is 54.5 Å². The Balaban J connectivity index is 1.27. The number of nitrogens with one attached hydrogen (secondary N) is 2. The summed E-state index contributed by atoms with van der Waals surface area (Å²) < 4.78 is 11.6. The first-order valence-corrected chi connectivity index (χ1v) is 17.4. The molecular weight excluding hydrogens is 665 g/mol. The van der Waals surface area contributed by atoms with Crippen LogP contribution in [0.4, 0.5) is 4.79 Å². The number of phenolic OH excluding ortho intramolecular Hbond substituents is 1. The van der Waals surface area contributed by atoms with Gasteiger partial charge < -0.3 is 25.2 Å². The fourth-order valence-corrected chi connectivity index (χ4v) is 7.66. The number of carbonyl (C=O) groups excluding carboxylic acids is 4. The molecule has 0 spiro atoms. The number of ether oxygens (including phenoxy) is 2. The van der Waals surface area contributed by atoms with Crippen LogP contribution in [0.5, 0.6) is 5.75 Å². The lowest BCUT2D eigenvalue weighted by Crippen LogP contribution is -2.71. The standard InChI is InChI=1S/C36H34N4O7S2/c1-36(2,3)47-35(45)39-27(21-14-16-24(41)17-15-21)31(42)38-28-32(43)40-29(25(19-48-33(28)40)26-18-37-20-49-26)34(44)46-30(22-10-6-4-7-11-22)23-12-8-5-9-13-23/h4-18,20,27-28,30,33,41H,19H2,1-3H3,(H,38,42)(H,39,45). The Hall–Kier alpha value is -5.14. The summed E-state index contributed by atoms with van der Waals surface area (Å²) in [6.45, 7) is 5.09. The fourth-order valence-electron chi connectivity index (χ4n) is 5.54. The van der Waals surface area contributed by atoms with Crippen LogP contribution < -0.4 is 10.6 Å². The average molecular weight is 699 g/mol. The molecule has 2 aliphatic rings. The molecule has 3 heterocycles. The number of hydrogen-bond donors (Lipinski definition) is 3. The van der Waals surface area contributed by atoms with E-state index < -0.39 is 53.0 Å². The van der Waals surface area contributed by atoms with Crippen LogP contribution in [0.15, 0.2) is 102 Å². The number of nitrogens with zero attached hydrogens (tertiary/aromatic N) is 2. The molecule has 0 bridgehead atoms. The van der Waals surface area contributed by atoms with Gasteiger partial charge in [0.15, 0.2) is 6.10 Å². The molecule has 11 nitrogen and oxygen atoms in total. The molecular formula is C36H34N4O7S2. The van der Waals surface area contributed by atoms with E-state index in [0.717, 1.165) is 16.0 Å². The van der Waals surface area contributed by atoms with Gasteiger partial charge in [0.25, 0.3) is 5.91 Å². The summed E-state index contributed by atoms with van der Waals surface area (Å²) in [5.74, 6) is -1.51. The van der Waals surface area contributed by atoms with Crippen molar-refractivity contribution in [3.8, 4) is 5.75 Å². The van der Waals surface area contributed by atoms with Crippen molar-refractivity contribution in [3.05, 3.63) is 124 Å². The molecule has 3 N–H and O–H groups in total. The van der Waals surface area contributed by atoms with Crippen LogP contribution in [0.2, 0.25) is 0 Å². The number of carbonyl (C=O) groups is 4. The molecule has 0 saturated carbocycles. The second kappa shape index (κ2) is 14.1. The van der Waals surface area contributed by atoms with Crippen molar-refractivity contribution < 1.29 is 33.8 Å². The first-order chi connectivity index (χ1) is 23.5. The van der Waals surface area contributed by atoms with Crippen molar-refractivity contribution in [2.45, 2.75) is 49.9 Å². The number of hydrogen-bond acceptors (Lipinski definition) is 10. The van der Waals surface area contributed by atoms with Gasteiger partial charge in [-0.05, 0) is 49.6 Å². The van der Waals surface area contributed by atoms with E-state index in [1.807, 2.05) is 60.7 Å². The third kappa shape index (κ3) is 7.47. The Kier molecular flexibility index (Phi) is 9.74. The lowest BCUT2D eigenvalue weighted by molar-refractivity contribution is -0.154. The van der Waals surface area contributed by atoms with Gasteiger partial charge in [0.1, 0.15) is 34.5 Å². The predicted octanol–water partition coefficient (Wildman–Crippen LogP) is 5.56. The van der Waals surface area contributed by atoms with Crippen molar-refractivity contribution >= 4 is 52.5 Å². The number of amides is 3. The van der Waals surface area contributed by atoms with Gasteiger partial charge in [-0.3, -0.25) is 19.5 Å². The SMILES string of the molecule is CC(C)(C)OC(=O)NC(C(=O)NC1C(=O)N2C(C(=O)OC(c3ccccc3)c3ccccc3)=C(c3cncs3)CSC12)c1ccc(O)cc1. The number of benzene rings is 3. The highest BCUT2D eigenvalue weighted by molar-refractivity contribution is 8.00. The number of aromatic nitrogens is 1. The zero-order valence-electron chi connectivity index (χ0n) is 26.9. The van der Waals surface area contributed by atoms with Crippen molar-refractivity contribution in [2.75, 3.05) is 5.75 Å². The van der Waals surface area contributed by atoms with Crippen molar-refractivity contribution in [2.24, 2.45) is 0 Å². The van der Waals surface area contributed by atoms with Crippen LogP contribution in [-0.4, -0.2) is 61.6 Å². The zero-order valence-corrected chi connectivity index (χ0v) is 28.5. The highest BCUT2D eigenvalue weighted by Gasteiger charge is 2.55. The van der Waals surface area contributed by atoms with E-state index in [4.69, 9.17) is 9.47 Å². The van der Waals surface area contributed by atoms with E-state index in [-0.39, 0.29) is 11.4 Å². The maximum Gasteiger partial charge on any atom is 0.408 e. The Bertz CT molecular complexity index is 1820. The molecule has 0 radical (unpaired) electrons. The Morgan fingerprint density at radius 2 is 1.57 bits per heavy atom. The molecule has 0 aliphatic carbocycles. The maximum atomic E-state index is 14.2. The lowest BCUT2D eigenvalue weighted by Gasteiger charge is -2.50. The minimum atomic E-state index is -1.24. The number of esters is 1. The molecule has 3 unspecified atom stereocenters. The number of aromatic hydroxyl groups is 1. The molecule has 1 aromatic heterocycles. The van der Waals surface area contributed by atoms with E-state index in [1.165, 1.54) is 52.3 Å². The van der Waals surface area contributed by atoms with E-state index >= 15 is 0 Å². The first-order valence-electron chi connectivity index (χ1n) is 15.5. The van der Waals surface area contributed by atoms with Crippen molar-refractivity contribution in [1.29, 1.82) is 0 Å². The van der Waals surface area contributed by atoms with Gasteiger partial charge in [0.2, 0.25) is 5.91 Å². The van der Waals surface area contributed by atoms with E-state index in [9.17, 15) is 24.3 Å². The number of alkyl carbamates (subject to hydrolysis) is 1. The predicted molar refractivity (Wildman–Crippen MR) is 185 cm³/mol. The summed E-state index contributed by atoms with van der Waals surface area (Å²) >= 11 is 2.74. The molecule has 13 heteroatoms. The van der Waals surface area contributed by atoms with Crippen molar-refractivity contribution in [1.82, 2.24) is 20.5 Å². The highest BCUT2D eigenvalue weighted by atomic mass is 32.2. The molecule has 3 atom stereocenters. The topological polar surface area (TPSA) is 147 Å². The van der Waals surface area contributed by atoms with Crippen LogP contribution in [0.3, 0.4) is 0 Å². The zero-order chi connectivity index (χ0) is 34.7. The summed E-state index contributed by atoms with van der Waals surface area (Å²) in [5, 5.41) is 14.5. The normalized spacial score (nSPS) is 17.9. The number of thiazole rings is 1. The number of phenols is 1. The summed E-state index contributed by atoms with van der Waals surface area (Å²) in [6, 6.07) is 22.2. The smallest absolute Gasteiger partial charge is 0.408 e. The Labute approximate surface area is 291 Å². The third-order valence-corrected chi connectivity index (χ3v) is 9.88. The molecule has 3 aromatic carbocycles. The average Bonchev–Trinajstić information content (AvgIpc) is 3.63. The fraction of sp³-hybridized carbons (Fsp3) is 0.250. The second-order valence-electron chi connectivity index (χ2n) is 12.4. The minimum Gasteiger partial charge on any atom is -0.508 e. The molecule has 49 heavy (non-hydrogen) atoms. The van der Waals surface area contributed by atoms with Gasteiger partial charge >= 0.3 is 12.1 Å². The number of fused-ring (bicyclic) bond motifs is 1. The van der Waals surface area contributed by atoms with Crippen LogP contribution >= 0.6 is 23.1 Å². The van der Waals surface area contributed by atoms with Gasteiger partial charge in [-0.2, -0.15) is 0 Å². The highest BCUT2D eigenvalue weighted by Crippen LogP contribution is 2.45. The van der Waals surface area contributed by atoms with E-state index in [2.05, 4.69) is 15.6 Å². The summed E-state index contributed by atoms with van der Waals surface area (Å²) in [6.07, 6.45) is 0.0756. The van der Waals surface area contributed by atoms with Gasteiger partial charge in [-0.1, -0.05) is 72.8 Å².